The normalized spacial score (nSPS) is 12.3. The van der Waals surface area contributed by atoms with Gasteiger partial charge < -0.3 is 24.8 Å². The van der Waals surface area contributed by atoms with Crippen LogP contribution in [0.3, 0.4) is 0 Å². The zero-order valence-corrected chi connectivity index (χ0v) is 10.9. The highest BCUT2D eigenvalue weighted by Crippen LogP contribution is 2.26. The second-order valence-corrected chi connectivity index (χ2v) is 4.45. The number of carboxylic acids is 2. The fourth-order valence-corrected chi connectivity index (χ4v) is 1.88. The number of aliphatic hydroxyl groups is 2. The Labute approximate surface area is 115 Å². The van der Waals surface area contributed by atoms with Crippen LogP contribution in [0, 0.1) is 0 Å². The molecule has 1 aromatic rings. The first-order chi connectivity index (χ1) is 9.47. The van der Waals surface area contributed by atoms with Crippen LogP contribution in [0.25, 0.3) is 0 Å². The number of hydrogen-bond acceptors (Lipinski definition) is 5. The summed E-state index contributed by atoms with van der Waals surface area (Å²) in [6.07, 6.45) is 2.18. The van der Waals surface area contributed by atoms with Crippen LogP contribution >= 0.6 is 0 Å². The van der Waals surface area contributed by atoms with Gasteiger partial charge in [0.25, 0.3) is 0 Å². The lowest BCUT2D eigenvalue weighted by Crippen LogP contribution is -2.04. The fraction of sp³-hybridized carbons (Fsp3) is 0.538. The third-order valence-electron chi connectivity index (χ3n) is 2.91. The molecule has 0 radical (unpaired) electrons. The third kappa shape index (κ3) is 4.36. The van der Waals surface area contributed by atoms with Crippen molar-refractivity contribution in [3.8, 4) is 0 Å². The average molecular weight is 286 g/mol. The van der Waals surface area contributed by atoms with Gasteiger partial charge in [0, 0.05) is 12.2 Å². The Balaban J connectivity index is 2.68. The molecule has 1 aromatic heterocycles. The first kappa shape index (κ1) is 16.2. The molecule has 0 bridgehead atoms. The lowest BCUT2D eigenvalue weighted by Gasteiger charge is -2.08. The summed E-state index contributed by atoms with van der Waals surface area (Å²) in [5.41, 5.74) is -0.0166. The van der Waals surface area contributed by atoms with Gasteiger partial charge in [-0.2, -0.15) is 0 Å². The van der Waals surface area contributed by atoms with E-state index in [0.717, 1.165) is 18.9 Å². The monoisotopic (exact) mass is 286 g/mol. The molecular weight excluding hydrogens is 268 g/mol. The molecule has 112 valence electrons. The van der Waals surface area contributed by atoms with Gasteiger partial charge in [0.2, 0.25) is 11.5 Å². The summed E-state index contributed by atoms with van der Waals surface area (Å²) >= 11 is 0. The summed E-state index contributed by atoms with van der Waals surface area (Å²) in [4.78, 5) is 21.7. The topological polar surface area (TPSA) is 128 Å². The Morgan fingerprint density at radius 3 is 2.30 bits per heavy atom. The summed E-state index contributed by atoms with van der Waals surface area (Å²) in [7, 11) is 0. The van der Waals surface area contributed by atoms with Crippen LogP contribution in [-0.4, -0.2) is 39.0 Å². The first-order valence-corrected chi connectivity index (χ1v) is 6.36. The largest absolute Gasteiger partial charge is 0.475 e. The van der Waals surface area contributed by atoms with Crippen LogP contribution < -0.4 is 0 Å². The molecule has 0 saturated heterocycles. The summed E-state index contributed by atoms with van der Waals surface area (Å²) in [5, 5.41) is 36.3. The van der Waals surface area contributed by atoms with E-state index in [1.165, 1.54) is 0 Å². The molecule has 0 spiro atoms. The number of hydrogen-bond donors (Lipinski definition) is 4. The molecule has 20 heavy (non-hydrogen) atoms. The van der Waals surface area contributed by atoms with Gasteiger partial charge >= 0.3 is 11.9 Å². The van der Waals surface area contributed by atoms with E-state index in [9.17, 15) is 14.7 Å². The Hall–Kier alpha value is -1.86. The van der Waals surface area contributed by atoms with Gasteiger partial charge in [0.05, 0.1) is 6.10 Å². The number of aromatic carboxylic acids is 2. The van der Waals surface area contributed by atoms with Gasteiger partial charge in [0.1, 0.15) is 0 Å². The second-order valence-electron chi connectivity index (χ2n) is 4.45. The molecule has 1 rings (SSSR count). The molecule has 1 heterocycles. The Morgan fingerprint density at radius 2 is 1.75 bits per heavy atom. The van der Waals surface area contributed by atoms with Crippen LogP contribution in [0.5, 0.6) is 0 Å². The van der Waals surface area contributed by atoms with Crippen molar-refractivity contribution in [1.29, 1.82) is 0 Å². The molecule has 0 aliphatic carbocycles. The van der Waals surface area contributed by atoms with Crippen molar-refractivity contribution in [2.24, 2.45) is 0 Å². The Kier molecular flexibility index (Phi) is 6.20. The third-order valence-corrected chi connectivity index (χ3v) is 2.91. The molecular formula is C13H18O7. The number of unbranched alkanes of at least 4 members (excludes halogenated alkanes) is 3. The minimum absolute atomic E-state index is 0.0166. The standard InChI is InChI=1S/C13H18O7/c14-6-4-2-1-3-5-9(15)8-7-10(12(16)17)20-11(8)13(18)19/h7,9,14-15H,1-6H2,(H,16,17)(H,18,19). The van der Waals surface area contributed by atoms with E-state index >= 15 is 0 Å². The van der Waals surface area contributed by atoms with Crippen molar-refractivity contribution in [2.45, 2.75) is 38.2 Å². The first-order valence-electron chi connectivity index (χ1n) is 6.36. The van der Waals surface area contributed by atoms with E-state index in [1.54, 1.807) is 0 Å². The zero-order chi connectivity index (χ0) is 15.1. The molecule has 7 heteroatoms. The van der Waals surface area contributed by atoms with E-state index in [4.69, 9.17) is 19.7 Å². The fourth-order valence-electron chi connectivity index (χ4n) is 1.88. The SMILES string of the molecule is O=C(O)c1cc(C(O)CCCCCCO)c(C(=O)O)o1. The summed E-state index contributed by atoms with van der Waals surface area (Å²) in [6, 6.07) is 1.05. The lowest BCUT2D eigenvalue weighted by atomic mass is 10.0. The molecule has 0 amide bonds. The minimum atomic E-state index is -1.41. The number of furan rings is 1. The Morgan fingerprint density at radius 1 is 1.10 bits per heavy atom. The van der Waals surface area contributed by atoms with Crippen molar-refractivity contribution < 1.29 is 34.4 Å². The van der Waals surface area contributed by atoms with Crippen LogP contribution in [0.4, 0.5) is 0 Å². The number of carbonyl (C=O) groups is 2. The van der Waals surface area contributed by atoms with Crippen molar-refractivity contribution in [1.82, 2.24) is 0 Å². The molecule has 0 aliphatic heterocycles. The molecule has 0 aromatic carbocycles. The molecule has 0 saturated carbocycles. The maximum absolute atomic E-state index is 11.0. The Bertz CT molecular complexity index is 463. The predicted molar refractivity (Wildman–Crippen MR) is 67.8 cm³/mol. The van der Waals surface area contributed by atoms with Crippen LogP contribution in [0.1, 0.15) is 64.9 Å². The van der Waals surface area contributed by atoms with E-state index < -0.39 is 29.6 Å². The van der Waals surface area contributed by atoms with Gasteiger partial charge in [-0.15, -0.1) is 0 Å². The summed E-state index contributed by atoms with van der Waals surface area (Å²) in [5.74, 6) is -3.83. The molecule has 0 aliphatic rings. The van der Waals surface area contributed by atoms with Gasteiger partial charge in [0.15, 0.2) is 0 Å². The summed E-state index contributed by atoms with van der Waals surface area (Å²) < 4.78 is 4.71. The molecule has 0 fully saturated rings. The van der Waals surface area contributed by atoms with E-state index in [1.807, 2.05) is 0 Å². The highest BCUT2D eigenvalue weighted by molar-refractivity contribution is 5.90. The molecule has 1 unspecified atom stereocenters. The van der Waals surface area contributed by atoms with Gasteiger partial charge in [-0.05, 0) is 18.9 Å². The van der Waals surface area contributed by atoms with Crippen LogP contribution in [-0.2, 0) is 0 Å². The molecule has 4 N–H and O–H groups in total. The van der Waals surface area contributed by atoms with Gasteiger partial charge in [-0.25, -0.2) is 9.59 Å². The highest BCUT2D eigenvalue weighted by Gasteiger charge is 2.25. The van der Waals surface area contributed by atoms with Crippen LogP contribution in [0.2, 0.25) is 0 Å². The molecule has 1 atom stereocenters. The summed E-state index contributed by atoms with van der Waals surface area (Å²) in [6.45, 7) is 0.120. The second kappa shape index (κ2) is 7.66. The zero-order valence-electron chi connectivity index (χ0n) is 10.9. The highest BCUT2D eigenvalue weighted by atomic mass is 16.4. The van der Waals surface area contributed by atoms with E-state index in [-0.39, 0.29) is 12.2 Å². The molecule has 7 nitrogen and oxygen atoms in total. The van der Waals surface area contributed by atoms with Crippen molar-refractivity contribution in [2.75, 3.05) is 6.61 Å². The van der Waals surface area contributed by atoms with Crippen molar-refractivity contribution in [3.05, 3.63) is 23.2 Å². The van der Waals surface area contributed by atoms with Crippen molar-refractivity contribution >= 4 is 11.9 Å². The van der Waals surface area contributed by atoms with E-state index in [2.05, 4.69) is 0 Å². The lowest BCUT2D eigenvalue weighted by molar-refractivity contribution is 0.0625. The van der Waals surface area contributed by atoms with E-state index in [0.29, 0.717) is 19.3 Å². The minimum Gasteiger partial charge on any atom is -0.475 e. The van der Waals surface area contributed by atoms with Gasteiger partial charge in [-0.3, -0.25) is 0 Å². The number of carboxylic acid groups (broad SMARTS) is 2. The van der Waals surface area contributed by atoms with Crippen LogP contribution in [0.15, 0.2) is 10.5 Å². The number of rotatable bonds is 9. The maximum Gasteiger partial charge on any atom is 0.372 e. The van der Waals surface area contributed by atoms with Crippen molar-refractivity contribution in [3.63, 3.8) is 0 Å². The average Bonchev–Trinajstić information content (AvgIpc) is 2.83. The number of aliphatic hydroxyl groups excluding tert-OH is 2. The quantitative estimate of drug-likeness (QED) is 0.508. The smallest absolute Gasteiger partial charge is 0.372 e. The predicted octanol–water partition coefficient (Wildman–Crippen LogP) is 1.65. The van der Waals surface area contributed by atoms with Gasteiger partial charge in [-0.1, -0.05) is 19.3 Å². The maximum atomic E-state index is 11.0.